The Hall–Kier alpha value is 0.314. The van der Waals surface area contributed by atoms with Gasteiger partial charge in [0.15, 0.2) is 16.6 Å². The highest BCUT2D eigenvalue weighted by molar-refractivity contribution is 6.74. The molecule has 0 aliphatic heterocycles. The number of hydrogen-bond acceptors (Lipinski definition) is 3. The fourth-order valence-electron chi connectivity index (χ4n) is 1.43. The van der Waals surface area contributed by atoms with Gasteiger partial charge >= 0.3 is 0 Å². The van der Waals surface area contributed by atoms with E-state index in [2.05, 4.69) is 67.7 Å². The summed E-state index contributed by atoms with van der Waals surface area (Å²) < 4.78 is 12.7. The van der Waals surface area contributed by atoms with Gasteiger partial charge in [-0.05, 0) is 42.7 Å². The first-order valence-corrected chi connectivity index (χ1v) is 13.9. The van der Waals surface area contributed by atoms with Gasteiger partial charge in [0.2, 0.25) is 0 Å². The Morgan fingerprint density at radius 3 is 1.62 bits per heavy atom. The van der Waals surface area contributed by atoms with Gasteiger partial charge in [0.1, 0.15) is 0 Å². The van der Waals surface area contributed by atoms with E-state index in [0.29, 0.717) is 13.0 Å². The zero-order chi connectivity index (χ0) is 17.1. The molecule has 0 bridgehead atoms. The highest BCUT2D eigenvalue weighted by Crippen LogP contribution is 2.39. The molecule has 0 aromatic heterocycles. The van der Waals surface area contributed by atoms with Gasteiger partial charge in [-0.2, -0.15) is 0 Å². The van der Waals surface area contributed by atoms with Crippen LogP contribution in [0.25, 0.3) is 0 Å². The molecule has 0 rings (SSSR count). The topological polar surface area (TPSA) is 38.7 Å². The van der Waals surface area contributed by atoms with Crippen molar-refractivity contribution in [1.29, 1.82) is 0 Å². The van der Waals surface area contributed by atoms with Crippen LogP contribution in [-0.2, 0) is 8.85 Å². The Kier molecular flexibility index (Phi) is 7.37. The molecule has 21 heavy (non-hydrogen) atoms. The molecule has 1 atom stereocenters. The summed E-state index contributed by atoms with van der Waals surface area (Å²) in [7, 11) is -3.59. The molecule has 0 spiro atoms. The third kappa shape index (κ3) is 6.52. The van der Waals surface area contributed by atoms with Crippen LogP contribution in [0.1, 0.15) is 48.0 Å². The second-order valence-electron chi connectivity index (χ2n) is 9.08. The minimum atomic E-state index is -1.82. The minimum absolute atomic E-state index is 0.00465. The van der Waals surface area contributed by atoms with Gasteiger partial charge in [-0.1, -0.05) is 41.5 Å². The van der Waals surface area contributed by atoms with E-state index in [1.807, 2.05) is 0 Å². The summed E-state index contributed by atoms with van der Waals surface area (Å²) in [5, 5.41) is 9.70. The third-order valence-electron chi connectivity index (χ3n) is 5.15. The Bertz CT molecular complexity index is 314. The van der Waals surface area contributed by atoms with Crippen LogP contribution in [0.3, 0.4) is 0 Å². The first-order chi connectivity index (χ1) is 9.14. The van der Waals surface area contributed by atoms with Crippen LogP contribution in [-0.4, -0.2) is 41.1 Å². The largest absolute Gasteiger partial charge is 0.414 e. The fourth-order valence-corrected chi connectivity index (χ4v) is 3.84. The van der Waals surface area contributed by atoms with Gasteiger partial charge < -0.3 is 14.0 Å². The molecule has 0 aliphatic carbocycles. The summed E-state index contributed by atoms with van der Waals surface area (Å²) in [4.78, 5) is 0. The van der Waals surface area contributed by atoms with E-state index < -0.39 is 16.6 Å². The van der Waals surface area contributed by atoms with Crippen molar-refractivity contribution in [3.8, 4) is 0 Å². The van der Waals surface area contributed by atoms with E-state index in [1.165, 1.54) is 0 Å². The van der Waals surface area contributed by atoms with Crippen molar-refractivity contribution in [2.24, 2.45) is 0 Å². The van der Waals surface area contributed by atoms with E-state index in [-0.39, 0.29) is 22.8 Å². The van der Waals surface area contributed by atoms with Gasteiger partial charge in [0.05, 0.1) is 12.7 Å². The number of aliphatic hydroxyl groups excluding tert-OH is 1. The molecule has 0 saturated carbocycles. The molecule has 5 heteroatoms. The van der Waals surface area contributed by atoms with E-state index in [9.17, 15) is 5.11 Å². The Balaban J connectivity index is 4.80. The van der Waals surface area contributed by atoms with E-state index in [4.69, 9.17) is 8.85 Å². The molecule has 0 aliphatic rings. The average molecular weight is 335 g/mol. The van der Waals surface area contributed by atoms with E-state index in [0.717, 1.165) is 0 Å². The third-order valence-corrected chi connectivity index (χ3v) is 14.2. The van der Waals surface area contributed by atoms with Gasteiger partial charge in [0, 0.05) is 6.61 Å². The summed E-state index contributed by atoms with van der Waals surface area (Å²) >= 11 is 0. The zero-order valence-electron chi connectivity index (χ0n) is 16.0. The van der Waals surface area contributed by atoms with Crippen molar-refractivity contribution in [2.45, 2.75) is 90.3 Å². The second-order valence-corrected chi connectivity index (χ2v) is 18.6. The summed E-state index contributed by atoms with van der Waals surface area (Å²) in [6.45, 7) is 23.2. The molecule has 3 nitrogen and oxygen atoms in total. The Labute approximate surface area is 134 Å². The van der Waals surface area contributed by atoms with E-state index >= 15 is 0 Å². The summed E-state index contributed by atoms with van der Waals surface area (Å²) in [5.74, 6) is 0. The van der Waals surface area contributed by atoms with Crippen LogP contribution >= 0.6 is 0 Å². The summed E-state index contributed by atoms with van der Waals surface area (Å²) in [6, 6.07) is 0. The Morgan fingerprint density at radius 2 is 1.29 bits per heavy atom. The number of rotatable bonds is 7. The van der Waals surface area contributed by atoms with Crippen molar-refractivity contribution in [3.63, 3.8) is 0 Å². The van der Waals surface area contributed by atoms with Crippen LogP contribution < -0.4 is 0 Å². The number of aliphatic hydroxyl groups is 1. The molecule has 0 fully saturated rings. The van der Waals surface area contributed by atoms with Gasteiger partial charge in [-0.3, -0.25) is 0 Å². The molecule has 0 aromatic rings. The lowest BCUT2D eigenvalue weighted by atomic mass is 10.2. The SMILES string of the molecule is CC(C)(C)[Si](C)(C)OCC(CCO)O[Si](C)(C)C(C)(C)C. The minimum Gasteiger partial charge on any atom is -0.414 e. The predicted octanol–water partition coefficient (Wildman–Crippen LogP) is 4.78. The molecular weight excluding hydrogens is 296 g/mol. The normalized spacial score (nSPS) is 16.1. The smallest absolute Gasteiger partial charge is 0.192 e. The molecule has 0 heterocycles. The zero-order valence-corrected chi connectivity index (χ0v) is 18.0. The highest BCUT2D eigenvalue weighted by Gasteiger charge is 2.41. The molecule has 1 N–H and O–H groups in total. The molecule has 128 valence electrons. The van der Waals surface area contributed by atoms with Crippen LogP contribution in [0.5, 0.6) is 0 Å². The second kappa shape index (κ2) is 7.26. The van der Waals surface area contributed by atoms with Crippen LogP contribution in [0.4, 0.5) is 0 Å². The van der Waals surface area contributed by atoms with Crippen LogP contribution in [0.2, 0.25) is 36.3 Å². The van der Waals surface area contributed by atoms with Crippen molar-refractivity contribution in [1.82, 2.24) is 0 Å². The molecular formula is C16H38O3Si2. The standard InChI is InChI=1S/C16H38O3Si2/c1-15(2,3)20(7,8)18-13-14(11-12-17)19-21(9,10)16(4,5)6/h14,17H,11-13H2,1-10H3. The van der Waals surface area contributed by atoms with Gasteiger partial charge in [-0.25, -0.2) is 0 Å². The monoisotopic (exact) mass is 334 g/mol. The van der Waals surface area contributed by atoms with Crippen molar-refractivity contribution < 1.29 is 14.0 Å². The number of hydrogen-bond donors (Lipinski definition) is 1. The summed E-state index contributed by atoms with van der Waals surface area (Å²) in [5.41, 5.74) is 0. The maximum atomic E-state index is 9.32. The first kappa shape index (κ1) is 21.3. The highest BCUT2D eigenvalue weighted by atomic mass is 28.4. The molecule has 0 amide bonds. The van der Waals surface area contributed by atoms with Crippen molar-refractivity contribution in [3.05, 3.63) is 0 Å². The van der Waals surface area contributed by atoms with Gasteiger partial charge in [-0.15, -0.1) is 0 Å². The molecule has 0 saturated heterocycles. The fraction of sp³-hybridized carbons (Fsp3) is 1.00. The molecule has 1 unspecified atom stereocenters. The van der Waals surface area contributed by atoms with Crippen molar-refractivity contribution in [2.75, 3.05) is 13.2 Å². The lowest BCUT2D eigenvalue weighted by molar-refractivity contribution is 0.0837. The molecule has 0 radical (unpaired) electrons. The maximum absolute atomic E-state index is 9.32. The van der Waals surface area contributed by atoms with Crippen LogP contribution in [0, 0.1) is 0 Å². The molecule has 0 aromatic carbocycles. The van der Waals surface area contributed by atoms with Crippen LogP contribution in [0.15, 0.2) is 0 Å². The summed E-state index contributed by atoms with van der Waals surface area (Å²) in [6.07, 6.45) is 0.659. The van der Waals surface area contributed by atoms with Gasteiger partial charge in [0.25, 0.3) is 0 Å². The average Bonchev–Trinajstić information content (AvgIpc) is 2.22. The predicted molar refractivity (Wildman–Crippen MR) is 96.9 cm³/mol. The lowest BCUT2D eigenvalue weighted by Gasteiger charge is -2.41. The quantitative estimate of drug-likeness (QED) is 0.681. The lowest BCUT2D eigenvalue weighted by Crippen LogP contribution is -2.48. The first-order valence-electron chi connectivity index (χ1n) is 8.07. The Morgan fingerprint density at radius 1 is 0.857 bits per heavy atom. The van der Waals surface area contributed by atoms with Crippen molar-refractivity contribution >= 4 is 16.6 Å². The van der Waals surface area contributed by atoms with E-state index in [1.54, 1.807) is 0 Å². The maximum Gasteiger partial charge on any atom is 0.192 e.